The molecule has 0 rings (SSSR count). The Hall–Kier alpha value is -0.870. The van der Waals surface area contributed by atoms with Crippen LogP contribution in [-0.4, -0.2) is 37.0 Å². The topological polar surface area (TPSA) is 55.8 Å². The van der Waals surface area contributed by atoms with E-state index in [-0.39, 0.29) is 12.6 Å². The summed E-state index contributed by atoms with van der Waals surface area (Å²) in [7, 11) is 0. The molecule has 1 N–H and O–H groups in total. The predicted octanol–water partition coefficient (Wildman–Crippen LogP) is 5.96. The number of hydrogen-bond acceptors (Lipinski definition) is 4. The minimum Gasteiger partial charge on any atom is -0.457 e. The maximum absolute atomic E-state index is 11.6. The van der Waals surface area contributed by atoms with Crippen LogP contribution in [-0.2, 0) is 14.3 Å². The van der Waals surface area contributed by atoms with Gasteiger partial charge in [-0.2, -0.15) is 0 Å². The van der Waals surface area contributed by atoms with Gasteiger partial charge in [0.05, 0.1) is 13.2 Å². The Labute approximate surface area is 167 Å². The number of unbranched alkanes of at least 4 members (excludes halogenated alkanes) is 10. The molecule has 160 valence electrons. The van der Waals surface area contributed by atoms with Gasteiger partial charge in [-0.15, -0.1) is 0 Å². The SMILES string of the molecule is CCCC/C=C\CCCCCCCCOCC(CO)OC(=O)CCCCC. The average Bonchev–Trinajstić information content (AvgIpc) is 2.67. The van der Waals surface area contributed by atoms with Gasteiger partial charge in [-0.05, 0) is 32.1 Å². The normalized spacial score (nSPS) is 12.6. The molecule has 0 saturated heterocycles. The fourth-order valence-electron chi connectivity index (χ4n) is 2.83. The lowest BCUT2D eigenvalue weighted by molar-refractivity contribution is -0.154. The zero-order valence-corrected chi connectivity index (χ0v) is 17.9. The van der Waals surface area contributed by atoms with Gasteiger partial charge in [0.2, 0.25) is 0 Å². The molecule has 0 fully saturated rings. The van der Waals surface area contributed by atoms with Crippen LogP contribution in [0.1, 0.15) is 104 Å². The van der Waals surface area contributed by atoms with E-state index in [2.05, 4.69) is 26.0 Å². The lowest BCUT2D eigenvalue weighted by Crippen LogP contribution is -2.27. The first-order valence-electron chi connectivity index (χ1n) is 11.3. The quantitative estimate of drug-likeness (QED) is 0.160. The number of aliphatic hydroxyl groups excluding tert-OH is 1. The zero-order chi connectivity index (χ0) is 20.0. The molecule has 0 radical (unpaired) electrons. The van der Waals surface area contributed by atoms with Crippen LogP contribution in [0, 0.1) is 0 Å². The summed E-state index contributed by atoms with van der Waals surface area (Å²) in [6, 6.07) is 0. The molecule has 0 aliphatic carbocycles. The molecular formula is C23H44O4. The third-order valence-electron chi connectivity index (χ3n) is 4.59. The number of esters is 1. The number of aliphatic hydroxyl groups is 1. The summed E-state index contributed by atoms with van der Waals surface area (Å²) in [6.45, 7) is 5.12. The predicted molar refractivity (Wildman–Crippen MR) is 113 cm³/mol. The van der Waals surface area contributed by atoms with E-state index in [1.54, 1.807) is 0 Å². The molecule has 0 aromatic carbocycles. The van der Waals surface area contributed by atoms with Crippen LogP contribution >= 0.6 is 0 Å². The molecule has 0 aliphatic heterocycles. The van der Waals surface area contributed by atoms with E-state index in [9.17, 15) is 9.90 Å². The van der Waals surface area contributed by atoms with Crippen LogP contribution < -0.4 is 0 Å². The molecule has 0 aromatic heterocycles. The number of carbonyl (C=O) groups is 1. The summed E-state index contributed by atoms with van der Waals surface area (Å²) in [5.41, 5.74) is 0. The van der Waals surface area contributed by atoms with Crippen molar-refractivity contribution in [3.63, 3.8) is 0 Å². The van der Waals surface area contributed by atoms with Gasteiger partial charge in [-0.1, -0.05) is 77.4 Å². The number of allylic oxidation sites excluding steroid dienone is 2. The van der Waals surface area contributed by atoms with Crippen molar-refractivity contribution in [3.8, 4) is 0 Å². The first-order valence-corrected chi connectivity index (χ1v) is 11.3. The fraction of sp³-hybridized carbons (Fsp3) is 0.870. The Morgan fingerprint density at radius 3 is 2.15 bits per heavy atom. The highest BCUT2D eigenvalue weighted by Crippen LogP contribution is 2.09. The summed E-state index contributed by atoms with van der Waals surface area (Å²) in [5, 5.41) is 9.29. The Morgan fingerprint density at radius 2 is 1.48 bits per heavy atom. The second-order valence-electron chi connectivity index (χ2n) is 7.35. The monoisotopic (exact) mass is 384 g/mol. The van der Waals surface area contributed by atoms with Gasteiger partial charge in [-0.25, -0.2) is 0 Å². The van der Waals surface area contributed by atoms with Crippen molar-refractivity contribution in [1.29, 1.82) is 0 Å². The number of rotatable bonds is 20. The maximum atomic E-state index is 11.6. The van der Waals surface area contributed by atoms with Gasteiger partial charge in [0.1, 0.15) is 6.10 Å². The minimum atomic E-state index is -0.524. The van der Waals surface area contributed by atoms with E-state index < -0.39 is 6.10 Å². The van der Waals surface area contributed by atoms with Gasteiger partial charge in [0.15, 0.2) is 0 Å². The van der Waals surface area contributed by atoms with Gasteiger partial charge in [-0.3, -0.25) is 4.79 Å². The van der Waals surface area contributed by atoms with Crippen LogP contribution in [0.3, 0.4) is 0 Å². The van der Waals surface area contributed by atoms with Crippen molar-refractivity contribution in [3.05, 3.63) is 12.2 Å². The molecule has 27 heavy (non-hydrogen) atoms. The van der Waals surface area contributed by atoms with Crippen LogP contribution in [0.5, 0.6) is 0 Å². The summed E-state index contributed by atoms with van der Waals surface area (Å²) in [5.74, 6) is -0.230. The standard InChI is InChI=1S/C23H44O4/c1-3-5-7-8-9-10-11-12-13-14-15-17-19-26-21-22(20-24)27-23(25)18-16-6-4-2/h8-9,22,24H,3-7,10-21H2,1-2H3/b9-8-. The molecule has 0 aromatic rings. The molecule has 0 bridgehead atoms. The van der Waals surface area contributed by atoms with Crippen LogP contribution in [0.4, 0.5) is 0 Å². The highest BCUT2D eigenvalue weighted by atomic mass is 16.6. The number of carbonyl (C=O) groups excluding carboxylic acids is 1. The maximum Gasteiger partial charge on any atom is 0.306 e. The zero-order valence-electron chi connectivity index (χ0n) is 17.9. The van der Waals surface area contributed by atoms with Crippen molar-refractivity contribution in [2.75, 3.05) is 19.8 Å². The van der Waals surface area contributed by atoms with Crippen LogP contribution in [0.15, 0.2) is 12.2 Å². The van der Waals surface area contributed by atoms with Crippen molar-refractivity contribution in [2.45, 2.75) is 110 Å². The largest absolute Gasteiger partial charge is 0.457 e. The van der Waals surface area contributed by atoms with Gasteiger partial charge in [0.25, 0.3) is 0 Å². The molecule has 0 aliphatic rings. The molecule has 0 spiro atoms. The van der Waals surface area contributed by atoms with E-state index in [0.29, 0.717) is 19.6 Å². The summed E-state index contributed by atoms with van der Waals surface area (Å²) >= 11 is 0. The molecule has 1 unspecified atom stereocenters. The first-order chi connectivity index (χ1) is 13.2. The highest BCUT2D eigenvalue weighted by molar-refractivity contribution is 5.69. The molecule has 0 heterocycles. The Morgan fingerprint density at radius 1 is 0.852 bits per heavy atom. The molecule has 0 saturated carbocycles. The minimum absolute atomic E-state index is 0.174. The molecule has 0 amide bonds. The number of hydrogen-bond donors (Lipinski definition) is 1. The third-order valence-corrected chi connectivity index (χ3v) is 4.59. The van der Waals surface area contributed by atoms with E-state index in [1.165, 1.54) is 57.8 Å². The van der Waals surface area contributed by atoms with Gasteiger partial charge >= 0.3 is 5.97 Å². The molecule has 4 heteroatoms. The van der Waals surface area contributed by atoms with Crippen molar-refractivity contribution in [2.24, 2.45) is 0 Å². The van der Waals surface area contributed by atoms with Crippen molar-refractivity contribution >= 4 is 5.97 Å². The molecule has 4 nitrogen and oxygen atoms in total. The second kappa shape index (κ2) is 21.4. The Bertz CT molecular complexity index is 341. The Balaban J connectivity index is 3.41. The summed E-state index contributed by atoms with van der Waals surface area (Å²) < 4.78 is 10.8. The number of ether oxygens (including phenoxy) is 2. The first kappa shape index (κ1) is 26.1. The van der Waals surface area contributed by atoms with E-state index >= 15 is 0 Å². The molecular weight excluding hydrogens is 340 g/mol. The second-order valence-corrected chi connectivity index (χ2v) is 7.35. The lowest BCUT2D eigenvalue weighted by atomic mass is 10.1. The van der Waals surface area contributed by atoms with Gasteiger partial charge in [0, 0.05) is 13.0 Å². The van der Waals surface area contributed by atoms with Crippen LogP contribution in [0.25, 0.3) is 0 Å². The van der Waals surface area contributed by atoms with Crippen LogP contribution in [0.2, 0.25) is 0 Å². The van der Waals surface area contributed by atoms with E-state index in [1.807, 2.05) is 0 Å². The summed E-state index contributed by atoms with van der Waals surface area (Å²) in [4.78, 5) is 11.6. The summed E-state index contributed by atoms with van der Waals surface area (Å²) in [6.07, 6.45) is 19.9. The molecule has 1 atom stereocenters. The Kier molecular flexibility index (Phi) is 20.7. The van der Waals surface area contributed by atoms with Crippen molar-refractivity contribution < 1.29 is 19.4 Å². The fourth-order valence-corrected chi connectivity index (χ4v) is 2.83. The van der Waals surface area contributed by atoms with E-state index in [4.69, 9.17) is 9.47 Å². The smallest absolute Gasteiger partial charge is 0.306 e. The lowest BCUT2D eigenvalue weighted by Gasteiger charge is -2.15. The van der Waals surface area contributed by atoms with Crippen molar-refractivity contribution in [1.82, 2.24) is 0 Å². The van der Waals surface area contributed by atoms with E-state index in [0.717, 1.165) is 25.7 Å². The van der Waals surface area contributed by atoms with Gasteiger partial charge < -0.3 is 14.6 Å². The highest BCUT2D eigenvalue weighted by Gasteiger charge is 2.13. The third kappa shape index (κ3) is 19.7. The average molecular weight is 385 g/mol.